The van der Waals surface area contributed by atoms with E-state index in [1.54, 1.807) is 0 Å². The molecule has 0 atom stereocenters. The molecule has 346 valence electrons. The van der Waals surface area contributed by atoms with Crippen molar-refractivity contribution in [2.45, 2.75) is 64.7 Å². The van der Waals surface area contributed by atoms with Crippen molar-refractivity contribution in [3.8, 4) is 16.8 Å². The SMILES string of the molecule is CC(C)(C)c1ccc(N2B3c4sc5ccc(C(C)(C)C)cc5c4-n4c5cc6c(cc5c5ccc(c3c54)-c3cc4c(cc32)sc2cc(CC(c3ccccc3)c3ccccc3)ccc24)oc2ccccc26)cc1. The molecule has 15 rings (SSSR count). The predicted molar refractivity (Wildman–Crippen MR) is 311 cm³/mol. The molecule has 72 heavy (non-hydrogen) atoms. The predicted octanol–water partition coefficient (Wildman–Crippen LogP) is 17.5. The van der Waals surface area contributed by atoms with Gasteiger partial charge in [0.2, 0.25) is 0 Å². The topological polar surface area (TPSA) is 21.3 Å². The van der Waals surface area contributed by atoms with Gasteiger partial charge >= 0.3 is 6.85 Å². The van der Waals surface area contributed by atoms with Gasteiger partial charge in [-0.25, -0.2) is 0 Å². The Balaban J connectivity index is 1.00. The summed E-state index contributed by atoms with van der Waals surface area (Å²) in [5.74, 6) is 0.267. The Morgan fingerprint density at radius 2 is 1.19 bits per heavy atom. The summed E-state index contributed by atoms with van der Waals surface area (Å²) in [7, 11) is 0. The number of fused-ring (bicyclic) bond motifs is 16. The van der Waals surface area contributed by atoms with Gasteiger partial charge in [0.15, 0.2) is 0 Å². The Hall–Kier alpha value is -7.38. The minimum atomic E-state index is -0.0610. The van der Waals surface area contributed by atoms with Crippen molar-refractivity contribution in [2.24, 2.45) is 0 Å². The molecular weight excluding hydrogens is 912 g/mol. The molecule has 0 saturated carbocycles. The fraction of sp³-hybridized carbons (Fsp3) is 0.152. The van der Waals surface area contributed by atoms with Crippen molar-refractivity contribution in [3.63, 3.8) is 0 Å². The lowest BCUT2D eigenvalue weighted by Crippen LogP contribution is -2.59. The lowest BCUT2D eigenvalue weighted by Gasteiger charge is -2.41. The third-order valence-corrected chi connectivity index (χ3v) is 18.4. The quantitative estimate of drug-likeness (QED) is 0.160. The second-order valence-corrected chi connectivity index (χ2v) is 24.6. The van der Waals surface area contributed by atoms with E-state index in [2.05, 4.69) is 233 Å². The Labute approximate surface area is 427 Å². The summed E-state index contributed by atoms with van der Waals surface area (Å²) >= 11 is 3.91. The Bertz CT molecular complexity index is 4350. The van der Waals surface area contributed by atoms with E-state index in [4.69, 9.17) is 4.42 Å². The van der Waals surface area contributed by atoms with Gasteiger partial charge in [-0.1, -0.05) is 163 Å². The van der Waals surface area contributed by atoms with Gasteiger partial charge in [-0.3, -0.25) is 0 Å². The number of thiophene rings is 2. The summed E-state index contributed by atoms with van der Waals surface area (Å²) in [6.07, 6.45) is 0.933. The second kappa shape index (κ2) is 15.1. The minimum Gasteiger partial charge on any atom is -0.456 e. The summed E-state index contributed by atoms with van der Waals surface area (Å²) in [6.45, 7) is 13.9. The van der Waals surface area contributed by atoms with Gasteiger partial charge in [-0.15, -0.1) is 22.7 Å². The summed E-state index contributed by atoms with van der Waals surface area (Å²) in [5, 5.41) is 8.75. The normalized spacial score (nSPS) is 13.5. The van der Waals surface area contributed by atoms with E-state index in [0.29, 0.717) is 0 Å². The van der Waals surface area contributed by atoms with Gasteiger partial charge in [0, 0.05) is 79.4 Å². The van der Waals surface area contributed by atoms with Crippen molar-refractivity contribution < 1.29 is 4.42 Å². The maximum atomic E-state index is 6.63. The van der Waals surface area contributed by atoms with Crippen LogP contribution >= 0.6 is 22.7 Å². The number of anilines is 2. The molecule has 0 amide bonds. The fourth-order valence-electron chi connectivity index (χ4n) is 12.4. The molecule has 13 aromatic rings. The smallest absolute Gasteiger partial charge is 0.343 e. The van der Waals surface area contributed by atoms with E-state index < -0.39 is 0 Å². The molecule has 0 aliphatic carbocycles. The van der Waals surface area contributed by atoms with Crippen LogP contribution in [0, 0.1) is 0 Å². The summed E-state index contributed by atoms with van der Waals surface area (Å²) in [5.41, 5.74) is 18.9. The molecule has 0 saturated heterocycles. The zero-order chi connectivity index (χ0) is 48.4. The zero-order valence-corrected chi connectivity index (χ0v) is 42.9. The van der Waals surface area contributed by atoms with Crippen LogP contribution in [-0.4, -0.2) is 11.4 Å². The summed E-state index contributed by atoms with van der Waals surface area (Å²) < 4.78 is 14.6. The molecule has 2 aliphatic heterocycles. The number of furan rings is 1. The molecule has 6 heteroatoms. The van der Waals surface area contributed by atoms with Crippen molar-refractivity contribution >= 4 is 125 Å². The van der Waals surface area contributed by atoms with Crippen LogP contribution in [-0.2, 0) is 17.3 Å². The van der Waals surface area contributed by atoms with Crippen molar-refractivity contribution in [2.75, 3.05) is 4.81 Å². The molecule has 0 bridgehead atoms. The number of hydrogen-bond acceptors (Lipinski definition) is 4. The third-order valence-electron chi connectivity index (χ3n) is 16.1. The van der Waals surface area contributed by atoms with E-state index in [1.165, 1.54) is 118 Å². The molecule has 2 aliphatic rings. The van der Waals surface area contributed by atoms with Crippen LogP contribution in [0.4, 0.5) is 11.4 Å². The first kappa shape index (κ1) is 42.3. The Morgan fingerprint density at radius 3 is 1.94 bits per heavy atom. The molecule has 0 fully saturated rings. The van der Waals surface area contributed by atoms with Gasteiger partial charge in [0.05, 0.1) is 16.7 Å². The second-order valence-electron chi connectivity index (χ2n) is 22.4. The molecule has 0 unspecified atom stereocenters. The minimum absolute atomic E-state index is 0.00873. The maximum absolute atomic E-state index is 6.63. The van der Waals surface area contributed by atoms with Crippen molar-refractivity contribution in [1.29, 1.82) is 0 Å². The van der Waals surface area contributed by atoms with E-state index in [-0.39, 0.29) is 23.6 Å². The monoisotopic (exact) mass is 962 g/mol. The highest BCUT2D eigenvalue weighted by atomic mass is 32.1. The summed E-state index contributed by atoms with van der Waals surface area (Å²) in [6, 6.07) is 69.2. The van der Waals surface area contributed by atoms with Crippen molar-refractivity contribution in [3.05, 3.63) is 210 Å². The first-order valence-electron chi connectivity index (χ1n) is 25.4. The van der Waals surface area contributed by atoms with Crippen LogP contribution in [0.2, 0.25) is 0 Å². The Kier molecular flexibility index (Phi) is 8.86. The van der Waals surface area contributed by atoms with Crippen LogP contribution in [0.1, 0.15) is 75.3 Å². The van der Waals surface area contributed by atoms with Crippen molar-refractivity contribution in [1.82, 2.24) is 4.57 Å². The van der Waals surface area contributed by atoms with E-state index in [9.17, 15) is 0 Å². The van der Waals surface area contributed by atoms with Crippen LogP contribution in [0.25, 0.3) is 90.8 Å². The lowest BCUT2D eigenvalue weighted by atomic mass is 9.47. The molecule has 6 heterocycles. The maximum Gasteiger partial charge on any atom is 0.343 e. The standard InChI is InChI=1S/C66H51BN2OS2/c1-65(2,3)41-22-25-43(26-23-41)69-55-37-60-52(45-27-21-38(32-59(45)71-60)31-48(39-15-9-7-10-16-39)40-17-11-8-12-18-40)34-49(55)46-28-29-47-50-36-57-51(44-19-13-14-20-56(44)70-57)35-54(50)68-62(47)61(46)67(69)64-63(68)53-33-42(66(4,5)6)24-30-58(53)72-64/h7-30,32-37,48H,31H2,1-6H3. The highest BCUT2D eigenvalue weighted by Crippen LogP contribution is 2.51. The number of rotatable bonds is 5. The molecular formula is C66H51BN2OS2. The fourth-order valence-corrected chi connectivity index (χ4v) is 14.9. The highest BCUT2D eigenvalue weighted by molar-refractivity contribution is 7.32. The Morgan fingerprint density at radius 1 is 0.500 bits per heavy atom. The molecule has 4 aromatic heterocycles. The first-order valence-corrected chi connectivity index (χ1v) is 27.1. The van der Waals surface area contributed by atoms with Gasteiger partial charge in [0.1, 0.15) is 11.2 Å². The van der Waals surface area contributed by atoms with Crippen LogP contribution < -0.4 is 15.1 Å². The van der Waals surface area contributed by atoms with E-state index in [0.717, 1.165) is 28.4 Å². The van der Waals surface area contributed by atoms with Crippen LogP contribution in [0.15, 0.2) is 186 Å². The third kappa shape index (κ3) is 6.15. The number of para-hydroxylation sites is 1. The number of benzene rings is 9. The molecule has 0 spiro atoms. The van der Waals surface area contributed by atoms with Gasteiger partial charge in [-0.05, 0) is 117 Å². The molecule has 0 N–H and O–H groups in total. The van der Waals surface area contributed by atoms with Crippen LogP contribution in [0.5, 0.6) is 0 Å². The van der Waals surface area contributed by atoms with Crippen LogP contribution in [0.3, 0.4) is 0 Å². The van der Waals surface area contributed by atoms with Gasteiger partial charge < -0.3 is 13.8 Å². The first-order chi connectivity index (χ1) is 34.9. The molecule has 3 nitrogen and oxygen atoms in total. The zero-order valence-electron chi connectivity index (χ0n) is 41.3. The van der Waals surface area contributed by atoms with E-state index in [1.807, 2.05) is 22.7 Å². The van der Waals surface area contributed by atoms with Gasteiger partial charge in [-0.2, -0.15) is 0 Å². The average Bonchev–Trinajstić information content (AvgIpc) is 4.14. The number of aromatic nitrogens is 1. The highest BCUT2D eigenvalue weighted by Gasteiger charge is 2.46. The molecule has 0 radical (unpaired) electrons. The summed E-state index contributed by atoms with van der Waals surface area (Å²) in [4.78, 5) is 2.71. The lowest BCUT2D eigenvalue weighted by molar-refractivity contribution is 0.590. The average molecular weight is 963 g/mol. The number of hydrogen-bond donors (Lipinski definition) is 0. The largest absolute Gasteiger partial charge is 0.456 e. The van der Waals surface area contributed by atoms with E-state index >= 15 is 0 Å². The number of nitrogens with zero attached hydrogens (tertiary/aromatic N) is 2. The molecule has 9 aromatic carbocycles. The van der Waals surface area contributed by atoms with Gasteiger partial charge in [0.25, 0.3) is 0 Å².